The second kappa shape index (κ2) is 16.0. The van der Waals surface area contributed by atoms with Crippen LogP contribution in [0.5, 0.6) is 5.75 Å². The first-order valence-electron chi connectivity index (χ1n) is 18.8. The summed E-state index contributed by atoms with van der Waals surface area (Å²) in [5, 5.41) is 23.8. The number of hydrogen-bond donors (Lipinski definition) is 2. The molecule has 4 unspecified atom stereocenters. The molecule has 1 aliphatic carbocycles. The van der Waals surface area contributed by atoms with Crippen LogP contribution in [0.3, 0.4) is 0 Å². The highest BCUT2D eigenvalue weighted by Gasteiger charge is 2.41. The zero-order chi connectivity index (χ0) is 37.0. The van der Waals surface area contributed by atoms with Gasteiger partial charge in [0.25, 0.3) is 0 Å². The molecule has 1 fully saturated rings. The SMILES string of the molecule is CC(O)/C(=C\C(=C/C(C)C(C)(C)C)C1(c2cc(C(c3ccccc3)N(C)C)c(O)c(C(C)(C)C)c2)CCCCC1)C(c1ccccc1)N(C)C. The van der Waals surface area contributed by atoms with Crippen molar-refractivity contribution in [2.24, 2.45) is 11.3 Å². The standard InChI is InChI=1S/C46H66N2O2/c1-32(44(3,4)5)28-36(29-38(33(2)49)41(47(9)10)34-22-16-13-17-23-34)46(26-20-15-21-27-46)37-30-39(43(50)40(31-37)45(6,7)8)42(48(11)12)35-24-18-14-19-25-35/h13-14,16-19,22-25,28-33,41-42,49-50H,15,20-21,26-27H2,1-12H3/b36-28+,38-29+. The van der Waals surface area contributed by atoms with Gasteiger partial charge in [-0.3, -0.25) is 9.80 Å². The van der Waals surface area contributed by atoms with Crippen molar-refractivity contribution in [1.29, 1.82) is 0 Å². The Balaban J connectivity index is 2.13. The van der Waals surface area contributed by atoms with Crippen molar-refractivity contribution in [1.82, 2.24) is 9.80 Å². The molecule has 0 radical (unpaired) electrons. The van der Waals surface area contributed by atoms with E-state index >= 15 is 0 Å². The van der Waals surface area contributed by atoms with Crippen LogP contribution in [0.25, 0.3) is 0 Å². The summed E-state index contributed by atoms with van der Waals surface area (Å²) >= 11 is 0. The fraction of sp³-hybridized carbons (Fsp3) is 0.522. The average Bonchev–Trinajstić information content (AvgIpc) is 3.04. The summed E-state index contributed by atoms with van der Waals surface area (Å²) in [4.78, 5) is 4.45. The Morgan fingerprint density at radius 1 is 0.760 bits per heavy atom. The first-order chi connectivity index (χ1) is 23.4. The van der Waals surface area contributed by atoms with E-state index in [1.807, 2.05) is 6.92 Å². The molecule has 3 aromatic carbocycles. The number of benzene rings is 3. The molecule has 2 N–H and O–H groups in total. The van der Waals surface area contributed by atoms with Crippen LogP contribution in [-0.2, 0) is 10.8 Å². The van der Waals surface area contributed by atoms with Gasteiger partial charge >= 0.3 is 0 Å². The fourth-order valence-corrected chi connectivity index (χ4v) is 7.90. The van der Waals surface area contributed by atoms with Gasteiger partial charge in [0.15, 0.2) is 0 Å². The highest BCUT2D eigenvalue weighted by molar-refractivity contribution is 5.56. The molecule has 272 valence electrons. The number of aliphatic hydroxyl groups excluding tert-OH is 1. The number of likely N-dealkylation sites (N-methyl/N-ethyl adjacent to an activating group) is 1. The van der Waals surface area contributed by atoms with Crippen LogP contribution in [-0.4, -0.2) is 54.3 Å². The number of allylic oxidation sites excluding steroid dienone is 3. The van der Waals surface area contributed by atoms with Crippen LogP contribution >= 0.6 is 0 Å². The normalized spacial score (nSPS) is 18.6. The van der Waals surface area contributed by atoms with Crippen molar-refractivity contribution in [3.8, 4) is 5.75 Å². The smallest absolute Gasteiger partial charge is 0.124 e. The summed E-state index contributed by atoms with van der Waals surface area (Å²) in [5.41, 5.74) is 7.32. The molecule has 0 amide bonds. The van der Waals surface area contributed by atoms with E-state index in [4.69, 9.17) is 0 Å². The van der Waals surface area contributed by atoms with Crippen molar-refractivity contribution >= 4 is 0 Å². The molecule has 4 heteroatoms. The highest BCUT2D eigenvalue weighted by Crippen LogP contribution is 2.51. The van der Waals surface area contributed by atoms with Crippen LogP contribution in [0, 0.1) is 11.3 Å². The number of phenolic OH excluding ortho intramolecular Hbond substituents is 1. The molecule has 4 nitrogen and oxygen atoms in total. The molecule has 4 rings (SSSR count). The summed E-state index contributed by atoms with van der Waals surface area (Å²) < 4.78 is 0. The minimum absolute atomic E-state index is 0.0559. The second-order valence-corrected chi connectivity index (χ2v) is 17.5. The zero-order valence-corrected chi connectivity index (χ0v) is 33.2. The van der Waals surface area contributed by atoms with Gasteiger partial charge < -0.3 is 10.2 Å². The average molecular weight is 679 g/mol. The summed E-state index contributed by atoms with van der Waals surface area (Å²) in [7, 11) is 8.43. The molecule has 0 saturated heterocycles. The predicted octanol–water partition coefficient (Wildman–Crippen LogP) is 10.8. The Morgan fingerprint density at radius 2 is 1.30 bits per heavy atom. The van der Waals surface area contributed by atoms with E-state index in [1.54, 1.807) is 0 Å². The lowest BCUT2D eigenvalue weighted by Crippen LogP contribution is -2.34. The van der Waals surface area contributed by atoms with Gasteiger partial charge in [-0.25, -0.2) is 0 Å². The topological polar surface area (TPSA) is 46.9 Å². The number of nitrogens with zero attached hydrogens (tertiary/aromatic N) is 2. The minimum atomic E-state index is -0.645. The predicted molar refractivity (Wildman–Crippen MR) is 213 cm³/mol. The maximum atomic E-state index is 12.2. The maximum absolute atomic E-state index is 12.2. The Hall–Kier alpha value is -3.18. The van der Waals surface area contributed by atoms with E-state index in [9.17, 15) is 10.2 Å². The zero-order valence-electron chi connectivity index (χ0n) is 33.2. The number of phenols is 1. The number of hydrogen-bond acceptors (Lipinski definition) is 4. The second-order valence-electron chi connectivity index (χ2n) is 17.5. The molecule has 0 heterocycles. The van der Waals surface area contributed by atoms with E-state index in [0.29, 0.717) is 5.75 Å². The third kappa shape index (κ3) is 8.81. The van der Waals surface area contributed by atoms with Crippen LogP contribution in [0.2, 0.25) is 0 Å². The van der Waals surface area contributed by atoms with Gasteiger partial charge in [-0.1, -0.05) is 147 Å². The molecule has 0 spiro atoms. The summed E-state index contributed by atoms with van der Waals surface area (Å²) in [6.07, 6.45) is 9.76. The van der Waals surface area contributed by atoms with Gasteiger partial charge in [0.1, 0.15) is 5.75 Å². The molecular formula is C46H66N2O2. The molecule has 1 aliphatic rings. The van der Waals surface area contributed by atoms with Crippen molar-refractivity contribution in [2.75, 3.05) is 28.2 Å². The Morgan fingerprint density at radius 3 is 1.76 bits per heavy atom. The highest BCUT2D eigenvalue weighted by atomic mass is 16.3. The quantitative estimate of drug-likeness (QED) is 0.198. The lowest BCUT2D eigenvalue weighted by Gasteiger charge is -2.43. The number of aromatic hydroxyl groups is 1. The molecule has 0 bridgehead atoms. The van der Waals surface area contributed by atoms with Gasteiger partial charge in [0.05, 0.1) is 18.2 Å². The van der Waals surface area contributed by atoms with Gasteiger partial charge in [-0.2, -0.15) is 0 Å². The molecular weight excluding hydrogens is 613 g/mol. The Labute approximate surface area is 304 Å². The van der Waals surface area contributed by atoms with E-state index < -0.39 is 6.10 Å². The number of rotatable bonds is 11. The molecule has 4 atom stereocenters. The van der Waals surface area contributed by atoms with E-state index in [-0.39, 0.29) is 34.2 Å². The van der Waals surface area contributed by atoms with E-state index in [0.717, 1.165) is 47.9 Å². The van der Waals surface area contributed by atoms with Gasteiger partial charge in [0.2, 0.25) is 0 Å². The summed E-state index contributed by atoms with van der Waals surface area (Å²) in [6, 6.07) is 25.6. The largest absolute Gasteiger partial charge is 0.507 e. The van der Waals surface area contributed by atoms with Gasteiger partial charge in [-0.05, 0) is 104 Å². The molecule has 0 aliphatic heterocycles. The van der Waals surface area contributed by atoms with Crippen molar-refractivity contribution in [2.45, 2.75) is 117 Å². The lowest BCUT2D eigenvalue weighted by atomic mass is 9.62. The van der Waals surface area contributed by atoms with Crippen molar-refractivity contribution in [3.63, 3.8) is 0 Å². The first-order valence-corrected chi connectivity index (χ1v) is 18.8. The van der Waals surface area contributed by atoms with Crippen LogP contribution in [0.15, 0.2) is 96.1 Å². The fourth-order valence-electron chi connectivity index (χ4n) is 7.90. The Bertz CT molecular complexity index is 1600. The van der Waals surface area contributed by atoms with E-state index in [1.165, 1.54) is 23.1 Å². The van der Waals surface area contributed by atoms with Crippen molar-refractivity contribution in [3.05, 3.63) is 124 Å². The summed E-state index contributed by atoms with van der Waals surface area (Å²) in [6.45, 7) is 17.9. The molecule has 50 heavy (non-hydrogen) atoms. The van der Waals surface area contributed by atoms with Crippen molar-refractivity contribution < 1.29 is 10.2 Å². The third-order valence-corrected chi connectivity index (χ3v) is 11.2. The lowest BCUT2D eigenvalue weighted by molar-refractivity contribution is 0.198. The Kier molecular flexibility index (Phi) is 12.7. The van der Waals surface area contributed by atoms with Crippen LogP contribution in [0.4, 0.5) is 0 Å². The van der Waals surface area contributed by atoms with Crippen LogP contribution in [0.1, 0.15) is 127 Å². The maximum Gasteiger partial charge on any atom is 0.124 e. The molecule has 0 aromatic heterocycles. The molecule has 3 aromatic rings. The number of aliphatic hydroxyl groups is 1. The van der Waals surface area contributed by atoms with Gasteiger partial charge in [0, 0.05) is 11.0 Å². The third-order valence-electron chi connectivity index (χ3n) is 11.2. The molecule has 1 saturated carbocycles. The van der Waals surface area contributed by atoms with E-state index in [2.05, 4.69) is 171 Å². The van der Waals surface area contributed by atoms with Gasteiger partial charge in [-0.15, -0.1) is 0 Å². The first kappa shape index (κ1) is 39.6. The minimum Gasteiger partial charge on any atom is -0.507 e. The monoisotopic (exact) mass is 679 g/mol. The summed E-state index contributed by atoms with van der Waals surface area (Å²) in [5.74, 6) is 0.676. The van der Waals surface area contributed by atoms with Crippen LogP contribution < -0.4 is 0 Å².